The summed E-state index contributed by atoms with van der Waals surface area (Å²) in [5.41, 5.74) is 9.35. The van der Waals surface area contributed by atoms with Gasteiger partial charge in [0.05, 0.1) is 12.3 Å². The molecule has 2 heterocycles. The van der Waals surface area contributed by atoms with Crippen molar-refractivity contribution in [1.82, 2.24) is 9.38 Å². The number of nitrogens with zero attached hydrogens (tertiary/aromatic N) is 6. The van der Waals surface area contributed by atoms with Crippen molar-refractivity contribution in [2.75, 3.05) is 13.2 Å². The van der Waals surface area contributed by atoms with Crippen molar-refractivity contribution < 1.29 is 9.53 Å². The fraction of sp³-hybridized carbons (Fsp3) is 0.529. The fourth-order valence-corrected chi connectivity index (χ4v) is 3.41. The van der Waals surface area contributed by atoms with Crippen LogP contribution in [-0.4, -0.2) is 28.4 Å². The molecular formula is C17H20N6O3. The zero-order valence-corrected chi connectivity index (χ0v) is 14.4. The number of pyridine rings is 1. The largest absolute Gasteiger partial charge is 0.489 e. The standard InChI is InChI=1S/C17H20N6O3/c18-22-19-9-8-13-15(17(24)21-25)23-10-4-7-14(16(23)20-13)26-11-12-5-2-1-3-6-12/h4,7,10,12H,1-3,5-6,8-9,11H2. The van der Waals surface area contributed by atoms with E-state index in [1.807, 2.05) is 0 Å². The van der Waals surface area contributed by atoms with Gasteiger partial charge in [-0.1, -0.05) is 24.4 Å². The Balaban J connectivity index is 1.90. The number of carbonyl (C=O) groups is 1. The van der Waals surface area contributed by atoms with Crippen molar-refractivity contribution in [1.29, 1.82) is 0 Å². The van der Waals surface area contributed by atoms with Crippen molar-refractivity contribution >= 4 is 11.6 Å². The van der Waals surface area contributed by atoms with Gasteiger partial charge >= 0.3 is 5.91 Å². The normalized spacial score (nSPS) is 14.8. The van der Waals surface area contributed by atoms with E-state index in [-0.39, 0.29) is 18.7 Å². The van der Waals surface area contributed by atoms with E-state index in [0.29, 0.717) is 29.6 Å². The molecule has 3 rings (SSSR count). The quantitative estimate of drug-likeness (QED) is 0.321. The lowest BCUT2D eigenvalue weighted by Gasteiger charge is -2.21. The van der Waals surface area contributed by atoms with Gasteiger partial charge in [-0.2, -0.15) is 0 Å². The van der Waals surface area contributed by atoms with Crippen LogP contribution in [0.3, 0.4) is 0 Å². The number of fused-ring (bicyclic) bond motifs is 1. The number of rotatable bonds is 7. The van der Waals surface area contributed by atoms with Crippen LogP contribution in [0.2, 0.25) is 0 Å². The number of carbonyl (C=O) groups excluding carboxylic acids is 1. The Morgan fingerprint density at radius 3 is 2.92 bits per heavy atom. The maximum atomic E-state index is 12.0. The zero-order chi connectivity index (χ0) is 18.4. The Morgan fingerprint density at radius 1 is 1.38 bits per heavy atom. The Kier molecular flexibility index (Phi) is 5.80. The molecule has 2 aromatic heterocycles. The maximum absolute atomic E-state index is 12.0. The molecule has 9 heteroatoms. The number of azide groups is 1. The molecule has 0 unspecified atom stereocenters. The highest BCUT2D eigenvalue weighted by molar-refractivity contribution is 5.95. The van der Waals surface area contributed by atoms with E-state index in [1.54, 1.807) is 18.3 Å². The van der Waals surface area contributed by atoms with Gasteiger partial charge in [0.1, 0.15) is 5.69 Å². The molecule has 1 fully saturated rings. The smallest absolute Gasteiger partial charge is 0.335 e. The van der Waals surface area contributed by atoms with Gasteiger partial charge in [0.15, 0.2) is 11.4 Å². The predicted octanol–water partition coefficient (Wildman–Crippen LogP) is 4.05. The van der Waals surface area contributed by atoms with E-state index in [0.717, 1.165) is 12.8 Å². The first kappa shape index (κ1) is 17.9. The Bertz CT molecular complexity index is 850. The third kappa shape index (κ3) is 3.83. The summed E-state index contributed by atoms with van der Waals surface area (Å²) in [6.07, 6.45) is 7.95. The molecule has 0 bridgehead atoms. The zero-order valence-electron chi connectivity index (χ0n) is 14.4. The summed E-state index contributed by atoms with van der Waals surface area (Å²) in [5, 5.41) is 5.99. The van der Waals surface area contributed by atoms with Gasteiger partial charge < -0.3 is 4.74 Å². The van der Waals surface area contributed by atoms with Gasteiger partial charge in [0.2, 0.25) is 0 Å². The van der Waals surface area contributed by atoms with Gasteiger partial charge in [-0.15, -0.1) is 4.91 Å². The molecule has 9 nitrogen and oxygen atoms in total. The Labute approximate surface area is 150 Å². The van der Waals surface area contributed by atoms with Gasteiger partial charge in [0, 0.05) is 22.8 Å². The van der Waals surface area contributed by atoms with Crippen molar-refractivity contribution in [2.24, 2.45) is 16.2 Å². The number of aromatic nitrogens is 2. The fourth-order valence-electron chi connectivity index (χ4n) is 3.41. The number of ether oxygens (including phenoxy) is 1. The minimum atomic E-state index is -0.905. The first-order valence-electron chi connectivity index (χ1n) is 8.76. The SMILES string of the molecule is [N-]=[N+]=NCCc1nc2c(OCC3CCCCC3)cccn2c1C(=O)N=O. The molecule has 136 valence electrons. The average molecular weight is 356 g/mol. The summed E-state index contributed by atoms with van der Waals surface area (Å²) in [6.45, 7) is 0.744. The highest BCUT2D eigenvalue weighted by Crippen LogP contribution is 2.27. The average Bonchev–Trinajstić information content (AvgIpc) is 3.05. The third-order valence-electron chi connectivity index (χ3n) is 4.68. The summed E-state index contributed by atoms with van der Waals surface area (Å²) in [4.78, 5) is 29.9. The molecule has 0 atom stereocenters. The molecule has 2 aromatic rings. The molecule has 0 aliphatic heterocycles. The molecule has 1 saturated carbocycles. The van der Waals surface area contributed by atoms with E-state index in [4.69, 9.17) is 10.3 Å². The number of imidazole rings is 1. The second kappa shape index (κ2) is 8.44. The maximum Gasteiger partial charge on any atom is 0.335 e. The number of hydrogen-bond donors (Lipinski definition) is 0. The monoisotopic (exact) mass is 356 g/mol. The van der Waals surface area contributed by atoms with Crippen LogP contribution in [0.15, 0.2) is 28.6 Å². The lowest BCUT2D eigenvalue weighted by molar-refractivity contribution is 0.0994. The van der Waals surface area contributed by atoms with Crippen LogP contribution in [0.5, 0.6) is 5.75 Å². The van der Waals surface area contributed by atoms with E-state index >= 15 is 0 Å². The minimum Gasteiger partial charge on any atom is -0.489 e. The van der Waals surface area contributed by atoms with Crippen LogP contribution in [0.4, 0.5) is 0 Å². The van der Waals surface area contributed by atoms with Crippen LogP contribution >= 0.6 is 0 Å². The van der Waals surface area contributed by atoms with Gasteiger partial charge in [-0.3, -0.25) is 9.20 Å². The Morgan fingerprint density at radius 2 is 2.19 bits per heavy atom. The number of hydrogen-bond acceptors (Lipinski definition) is 5. The molecular weight excluding hydrogens is 336 g/mol. The molecule has 0 N–H and O–H groups in total. The highest BCUT2D eigenvalue weighted by Gasteiger charge is 2.22. The molecule has 1 amide bonds. The number of amides is 1. The molecule has 1 aliphatic rings. The third-order valence-corrected chi connectivity index (χ3v) is 4.68. The summed E-state index contributed by atoms with van der Waals surface area (Å²) in [7, 11) is 0. The van der Waals surface area contributed by atoms with Gasteiger partial charge in [0.25, 0.3) is 0 Å². The van der Waals surface area contributed by atoms with E-state index < -0.39 is 5.91 Å². The first-order chi connectivity index (χ1) is 12.7. The molecule has 0 saturated heterocycles. The second-order valence-electron chi connectivity index (χ2n) is 6.39. The summed E-state index contributed by atoms with van der Waals surface area (Å²) >= 11 is 0. The van der Waals surface area contributed by atoms with Crippen LogP contribution < -0.4 is 4.74 Å². The Hall–Kier alpha value is -2.93. The van der Waals surface area contributed by atoms with Crippen molar-refractivity contribution in [3.8, 4) is 5.75 Å². The van der Waals surface area contributed by atoms with E-state index in [1.165, 1.54) is 23.7 Å². The number of nitroso groups, excluding NO2 is 1. The van der Waals surface area contributed by atoms with Crippen LogP contribution in [0.25, 0.3) is 16.1 Å². The summed E-state index contributed by atoms with van der Waals surface area (Å²) in [5.74, 6) is 0.187. The molecule has 0 spiro atoms. The molecule has 26 heavy (non-hydrogen) atoms. The molecule has 1 aliphatic carbocycles. The van der Waals surface area contributed by atoms with Crippen molar-refractivity contribution in [3.05, 3.63) is 45.1 Å². The first-order valence-corrected chi connectivity index (χ1v) is 8.76. The summed E-state index contributed by atoms with van der Waals surface area (Å²) < 4.78 is 7.50. The van der Waals surface area contributed by atoms with E-state index in [2.05, 4.69) is 20.2 Å². The lowest BCUT2D eigenvalue weighted by atomic mass is 9.90. The van der Waals surface area contributed by atoms with Crippen LogP contribution in [-0.2, 0) is 6.42 Å². The van der Waals surface area contributed by atoms with Crippen LogP contribution in [0.1, 0.15) is 48.3 Å². The molecule has 0 radical (unpaired) electrons. The summed E-state index contributed by atoms with van der Waals surface area (Å²) in [6, 6.07) is 3.54. The highest BCUT2D eigenvalue weighted by atomic mass is 16.5. The van der Waals surface area contributed by atoms with Gasteiger partial charge in [-0.25, -0.2) is 4.98 Å². The van der Waals surface area contributed by atoms with Crippen molar-refractivity contribution in [2.45, 2.75) is 38.5 Å². The lowest BCUT2D eigenvalue weighted by Crippen LogP contribution is -2.15. The van der Waals surface area contributed by atoms with Crippen LogP contribution in [0, 0.1) is 10.8 Å². The van der Waals surface area contributed by atoms with Gasteiger partial charge in [-0.05, 0) is 42.8 Å². The molecule has 0 aromatic carbocycles. The van der Waals surface area contributed by atoms with E-state index in [9.17, 15) is 9.70 Å². The predicted molar refractivity (Wildman–Crippen MR) is 95.1 cm³/mol. The minimum absolute atomic E-state index is 0.0891. The topological polar surface area (TPSA) is 122 Å². The second-order valence-corrected chi connectivity index (χ2v) is 6.39. The van der Waals surface area contributed by atoms with Crippen molar-refractivity contribution in [3.63, 3.8) is 0 Å².